The van der Waals surface area contributed by atoms with Crippen molar-refractivity contribution in [3.05, 3.63) is 59.9 Å². The van der Waals surface area contributed by atoms with Crippen LogP contribution < -0.4 is 0 Å². The SMILES string of the molecule is Fc1cc(-c2ccccc2)ccc1C(F)(F)F. The molecule has 0 amide bonds. The van der Waals surface area contributed by atoms with Gasteiger partial charge in [0.15, 0.2) is 0 Å². The molecule has 2 rings (SSSR count). The normalized spacial score (nSPS) is 11.5. The van der Waals surface area contributed by atoms with Crippen LogP contribution in [0.15, 0.2) is 48.5 Å². The molecule has 0 aliphatic rings. The molecule has 0 N–H and O–H groups in total. The highest BCUT2D eigenvalue weighted by molar-refractivity contribution is 5.63. The first-order valence-corrected chi connectivity index (χ1v) is 4.90. The summed E-state index contributed by atoms with van der Waals surface area (Å²) in [4.78, 5) is 0. The monoisotopic (exact) mass is 240 g/mol. The van der Waals surface area contributed by atoms with Gasteiger partial charge < -0.3 is 0 Å². The second-order valence-electron chi connectivity index (χ2n) is 3.56. The van der Waals surface area contributed by atoms with Gasteiger partial charge in [-0.25, -0.2) is 4.39 Å². The van der Waals surface area contributed by atoms with E-state index in [1.165, 1.54) is 6.07 Å². The molecule has 0 spiro atoms. The summed E-state index contributed by atoms with van der Waals surface area (Å²) in [6, 6.07) is 11.6. The Bertz CT molecular complexity index is 515. The van der Waals surface area contributed by atoms with Gasteiger partial charge in [0.25, 0.3) is 0 Å². The summed E-state index contributed by atoms with van der Waals surface area (Å²) in [7, 11) is 0. The van der Waals surface area contributed by atoms with Crippen LogP contribution in [0.4, 0.5) is 17.6 Å². The van der Waals surface area contributed by atoms with Crippen LogP contribution in [0.2, 0.25) is 0 Å². The molecular weight excluding hydrogens is 232 g/mol. The molecule has 0 saturated heterocycles. The lowest BCUT2D eigenvalue weighted by molar-refractivity contribution is -0.139. The molecule has 0 radical (unpaired) electrons. The van der Waals surface area contributed by atoms with Crippen LogP contribution in [0.25, 0.3) is 11.1 Å². The zero-order valence-corrected chi connectivity index (χ0v) is 8.63. The number of hydrogen-bond acceptors (Lipinski definition) is 0. The van der Waals surface area contributed by atoms with Gasteiger partial charge in [0.05, 0.1) is 5.56 Å². The van der Waals surface area contributed by atoms with Crippen molar-refractivity contribution in [2.75, 3.05) is 0 Å². The number of hydrogen-bond donors (Lipinski definition) is 0. The summed E-state index contributed by atoms with van der Waals surface area (Å²) in [6.45, 7) is 0. The highest BCUT2D eigenvalue weighted by atomic mass is 19.4. The predicted octanol–water partition coefficient (Wildman–Crippen LogP) is 4.51. The second-order valence-corrected chi connectivity index (χ2v) is 3.56. The van der Waals surface area contributed by atoms with Crippen LogP contribution >= 0.6 is 0 Å². The van der Waals surface area contributed by atoms with E-state index >= 15 is 0 Å². The number of rotatable bonds is 1. The maximum absolute atomic E-state index is 13.3. The average Bonchev–Trinajstić information content (AvgIpc) is 2.28. The van der Waals surface area contributed by atoms with Crippen LogP contribution in [-0.4, -0.2) is 0 Å². The van der Waals surface area contributed by atoms with Crippen LogP contribution in [-0.2, 0) is 6.18 Å². The molecule has 0 unspecified atom stereocenters. The quantitative estimate of drug-likeness (QED) is 0.643. The summed E-state index contributed by atoms with van der Waals surface area (Å²) in [5, 5.41) is 0. The highest BCUT2D eigenvalue weighted by Gasteiger charge is 2.33. The molecule has 0 atom stereocenters. The van der Waals surface area contributed by atoms with Crippen LogP contribution in [0.1, 0.15) is 5.56 Å². The molecule has 0 saturated carbocycles. The maximum atomic E-state index is 13.3. The van der Waals surface area contributed by atoms with E-state index in [1.54, 1.807) is 30.3 Å². The van der Waals surface area contributed by atoms with Crippen molar-refractivity contribution in [1.29, 1.82) is 0 Å². The summed E-state index contributed by atoms with van der Waals surface area (Å²) in [6.07, 6.45) is -4.65. The van der Waals surface area contributed by atoms with Gasteiger partial charge in [-0.05, 0) is 23.3 Å². The fourth-order valence-electron chi connectivity index (χ4n) is 1.56. The van der Waals surface area contributed by atoms with E-state index in [9.17, 15) is 17.6 Å². The van der Waals surface area contributed by atoms with E-state index in [0.717, 1.165) is 12.1 Å². The van der Waals surface area contributed by atoms with Gasteiger partial charge in [0.1, 0.15) is 5.82 Å². The Balaban J connectivity index is 2.45. The summed E-state index contributed by atoms with van der Waals surface area (Å²) >= 11 is 0. The third-order valence-electron chi connectivity index (χ3n) is 2.38. The molecule has 0 heterocycles. The van der Waals surface area contributed by atoms with Crippen molar-refractivity contribution in [2.45, 2.75) is 6.18 Å². The molecule has 4 heteroatoms. The molecule has 0 bridgehead atoms. The largest absolute Gasteiger partial charge is 0.419 e. The maximum Gasteiger partial charge on any atom is 0.419 e. The van der Waals surface area contributed by atoms with Crippen LogP contribution in [0, 0.1) is 5.82 Å². The minimum Gasteiger partial charge on any atom is -0.206 e. The summed E-state index contributed by atoms with van der Waals surface area (Å²) in [5.74, 6) is -1.25. The molecule has 2 aromatic rings. The Hall–Kier alpha value is -1.84. The first kappa shape index (κ1) is 11.6. The van der Waals surface area contributed by atoms with Crippen LogP contribution in [0.5, 0.6) is 0 Å². The fourth-order valence-corrected chi connectivity index (χ4v) is 1.56. The Morgan fingerprint density at radius 1 is 0.765 bits per heavy atom. The average molecular weight is 240 g/mol. The van der Waals surface area contributed by atoms with E-state index in [-0.39, 0.29) is 0 Å². The Kier molecular flexibility index (Phi) is 2.88. The smallest absolute Gasteiger partial charge is 0.206 e. The van der Waals surface area contributed by atoms with Gasteiger partial charge in [-0.1, -0.05) is 36.4 Å². The number of benzene rings is 2. The lowest BCUT2D eigenvalue weighted by Crippen LogP contribution is -2.07. The van der Waals surface area contributed by atoms with E-state index < -0.39 is 17.6 Å². The van der Waals surface area contributed by atoms with E-state index in [0.29, 0.717) is 11.1 Å². The number of halogens is 4. The molecule has 0 aliphatic carbocycles. The van der Waals surface area contributed by atoms with Gasteiger partial charge in [0, 0.05) is 0 Å². The molecule has 88 valence electrons. The van der Waals surface area contributed by atoms with Gasteiger partial charge >= 0.3 is 6.18 Å². The van der Waals surface area contributed by atoms with Crippen molar-refractivity contribution >= 4 is 0 Å². The molecule has 0 aromatic heterocycles. The Morgan fingerprint density at radius 2 is 1.41 bits per heavy atom. The summed E-state index contributed by atoms with van der Waals surface area (Å²) in [5.41, 5.74) is -0.131. The van der Waals surface area contributed by atoms with Crippen molar-refractivity contribution in [3.8, 4) is 11.1 Å². The minimum absolute atomic E-state index is 0.427. The van der Waals surface area contributed by atoms with E-state index in [4.69, 9.17) is 0 Å². The minimum atomic E-state index is -4.65. The van der Waals surface area contributed by atoms with Crippen molar-refractivity contribution in [3.63, 3.8) is 0 Å². The second kappa shape index (κ2) is 4.20. The molecule has 0 fully saturated rings. The lowest BCUT2D eigenvalue weighted by Gasteiger charge is -2.09. The topological polar surface area (TPSA) is 0 Å². The molecule has 0 nitrogen and oxygen atoms in total. The third-order valence-corrected chi connectivity index (χ3v) is 2.38. The molecule has 0 aliphatic heterocycles. The predicted molar refractivity (Wildman–Crippen MR) is 56.8 cm³/mol. The van der Waals surface area contributed by atoms with Crippen molar-refractivity contribution in [1.82, 2.24) is 0 Å². The van der Waals surface area contributed by atoms with E-state index in [1.807, 2.05) is 0 Å². The highest BCUT2D eigenvalue weighted by Crippen LogP contribution is 2.33. The van der Waals surface area contributed by atoms with Gasteiger partial charge in [-0.3, -0.25) is 0 Å². The van der Waals surface area contributed by atoms with E-state index in [2.05, 4.69) is 0 Å². The third kappa shape index (κ3) is 2.46. The Labute approximate surface area is 95.5 Å². The van der Waals surface area contributed by atoms with Gasteiger partial charge in [-0.2, -0.15) is 13.2 Å². The first-order valence-electron chi connectivity index (χ1n) is 4.90. The zero-order chi connectivity index (χ0) is 12.5. The van der Waals surface area contributed by atoms with Gasteiger partial charge in [0.2, 0.25) is 0 Å². The first-order chi connectivity index (χ1) is 7.98. The fraction of sp³-hybridized carbons (Fsp3) is 0.0769. The molecule has 17 heavy (non-hydrogen) atoms. The molecule has 2 aromatic carbocycles. The van der Waals surface area contributed by atoms with Gasteiger partial charge in [-0.15, -0.1) is 0 Å². The molecular formula is C13H8F4. The standard InChI is InChI=1S/C13H8F4/c14-12-8-10(9-4-2-1-3-5-9)6-7-11(12)13(15,16)17/h1-8H. The lowest BCUT2D eigenvalue weighted by atomic mass is 10.0. The van der Waals surface area contributed by atoms with Crippen molar-refractivity contribution in [2.24, 2.45) is 0 Å². The van der Waals surface area contributed by atoms with Crippen LogP contribution in [0.3, 0.4) is 0 Å². The zero-order valence-electron chi connectivity index (χ0n) is 8.63. The van der Waals surface area contributed by atoms with Crippen molar-refractivity contribution < 1.29 is 17.6 Å². The number of alkyl halides is 3. The Morgan fingerprint density at radius 3 is 1.94 bits per heavy atom. The summed E-state index contributed by atoms with van der Waals surface area (Å²) < 4.78 is 50.3.